The van der Waals surface area contributed by atoms with Gasteiger partial charge in [-0.2, -0.15) is 11.3 Å². The van der Waals surface area contributed by atoms with Crippen molar-refractivity contribution < 1.29 is 4.79 Å². The van der Waals surface area contributed by atoms with Crippen LogP contribution < -0.4 is 5.32 Å². The Balaban J connectivity index is 1.79. The van der Waals surface area contributed by atoms with Gasteiger partial charge in [0.05, 0.1) is 6.04 Å². The van der Waals surface area contributed by atoms with Crippen molar-refractivity contribution in [2.75, 3.05) is 0 Å². The van der Waals surface area contributed by atoms with Gasteiger partial charge in [-0.05, 0) is 41.7 Å². The Morgan fingerprint density at radius 2 is 2.14 bits per heavy atom. The lowest BCUT2D eigenvalue weighted by Gasteiger charge is -2.35. The van der Waals surface area contributed by atoms with Crippen molar-refractivity contribution >= 4 is 17.2 Å². The molecule has 2 atom stereocenters. The second-order valence-corrected chi connectivity index (χ2v) is 7.14. The summed E-state index contributed by atoms with van der Waals surface area (Å²) in [5, 5.41) is 7.90. The largest absolute Gasteiger partial charge is 0.319 e. The van der Waals surface area contributed by atoms with E-state index in [1.165, 1.54) is 37.7 Å². The van der Waals surface area contributed by atoms with E-state index < -0.39 is 0 Å². The predicted octanol–water partition coefficient (Wildman–Crippen LogP) is 4.07. The minimum Gasteiger partial charge on any atom is -0.319 e. The van der Waals surface area contributed by atoms with E-state index in [9.17, 15) is 4.79 Å². The van der Waals surface area contributed by atoms with Crippen LogP contribution >= 0.6 is 11.3 Å². The summed E-state index contributed by atoms with van der Waals surface area (Å²) in [5.41, 5.74) is 1.26. The highest BCUT2D eigenvalue weighted by Gasteiger charge is 2.42. The molecule has 21 heavy (non-hydrogen) atoms. The van der Waals surface area contributed by atoms with E-state index in [0.29, 0.717) is 11.9 Å². The molecular weight excluding hydrogens is 280 g/mol. The Morgan fingerprint density at radius 3 is 2.81 bits per heavy atom. The zero-order valence-electron chi connectivity index (χ0n) is 12.9. The zero-order valence-corrected chi connectivity index (χ0v) is 13.7. The molecule has 1 amide bonds. The summed E-state index contributed by atoms with van der Waals surface area (Å²) in [6.45, 7) is 2.19. The molecule has 3 rings (SSSR count). The normalized spacial score (nSPS) is 27.5. The van der Waals surface area contributed by atoms with E-state index in [1.54, 1.807) is 11.3 Å². The smallest absolute Gasteiger partial charge is 0.241 e. The second kappa shape index (κ2) is 6.93. The van der Waals surface area contributed by atoms with Gasteiger partial charge in [-0.25, -0.2) is 0 Å². The van der Waals surface area contributed by atoms with Crippen molar-refractivity contribution in [2.24, 2.45) is 0 Å². The zero-order chi connectivity index (χ0) is 14.7. The number of thiophene rings is 1. The first kappa shape index (κ1) is 15.0. The van der Waals surface area contributed by atoms with Gasteiger partial charge in [-0.1, -0.05) is 39.0 Å². The molecule has 0 radical (unpaired) electrons. The minimum absolute atomic E-state index is 0.0248. The topological polar surface area (TPSA) is 32.3 Å². The maximum atomic E-state index is 12.9. The number of amides is 1. The first-order valence-corrected chi connectivity index (χ1v) is 9.36. The fourth-order valence-electron chi connectivity index (χ4n) is 3.70. The Bertz CT molecular complexity index is 453. The van der Waals surface area contributed by atoms with Crippen LogP contribution in [0.25, 0.3) is 0 Å². The average Bonchev–Trinajstić information content (AvgIpc) is 3.14. The van der Waals surface area contributed by atoms with Crippen LogP contribution in [0.4, 0.5) is 0 Å². The molecule has 2 aliphatic rings. The quantitative estimate of drug-likeness (QED) is 0.889. The molecule has 1 saturated carbocycles. The third-order valence-corrected chi connectivity index (χ3v) is 5.56. The van der Waals surface area contributed by atoms with Gasteiger partial charge >= 0.3 is 0 Å². The standard InChI is InChI=1S/C17H26N2OS/c1-2-3-9-15-17(20)19(14-7-5-4-6-8-14)16(18-15)13-10-11-21-12-13/h10-12,14-16,18H,2-9H2,1H3. The lowest BCUT2D eigenvalue weighted by Crippen LogP contribution is -2.41. The average molecular weight is 306 g/mol. The Hall–Kier alpha value is -0.870. The molecule has 0 bridgehead atoms. The van der Waals surface area contributed by atoms with Crippen LogP contribution in [0.2, 0.25) is 0 Å². The highest BCUT2D eigenvalue weighted by molar-refractivity contribution is 7.07. The van der Waals surface area contributed by atoms with Gasteiger partial charge in [0.1, 0.15) is 6.17 Å². The number of hydrogen-bond acceptors (Lipinski definition) is 3. The van der Waals surface area contributed by atoms with Crippen molar-refractivity contribution in [3.63, 3.8) is 0 Å². The summed E-state index contributed by atoms with van der Waals surface area (Å²) in [5.74, 6) is 0.339. The van der Waals surface area contributed by atoms with Gasteiger partial charge in [-0.15, -0.1) is 0 Å². The molecular formula is C17H26N2OS. The van der Waals surface area contributed by atoms with Crippen molar-refractivity contribution in [3.05, 3.63) is 22.4 Å². The van der Waals surface area contributed by atoms with Gasteiger partial charge in [0.2, 0.25) is 5.91 Å². The summed E-state index contributed by atoms with van der Waals surface area (Å²) < 4.78 is 0. The molecule has 0 spiro atoms. The van der Waals surface area contributed by atoms with E-state index in [4.69, 9.17) is 0 Å². The molecule has 1 N–H and O–H groups in total. The molecule has 4 heteroatoms. The van der Waals surface area contributed by atoms with Crippen LogP contribution in [0.3, 0.4) is 0 Å². The first-order chi connectivity index (χ1) is 10.3. The van der Waals surface area contributed by atoms with Crippen LogP contribution in [0.5, 0.6) is 0 Å². The van der Waals surface area contributed by atoms with Gasteiger partial charge in [-0.3, -0.25) is 10.1 Å². The van der Waals surface area contributed by atoms with E-state index >= 15 is 0 Å². The van der Waals surface area contributed by atoms with Crippen LogP contribution in [-0.4, -0.2) is 22.9 Å². The van der Waals surface area contributed by atoms with Crippen LogP contribution in [0.15, 0.2) is 16.8 Å². The van der Waals surface area contributed by atoms with Crippen molar-refractivity contribution in [1.82, 2.24) is 10.2 Å². The molecule has 1 aliphatic carbocycles. The monoisotopic (exact) mass is 306 g/mol. The molecule has 1 saturated heterocycles. The van der Waals surface area contributed by atoms with Gasteiger partial charge in [0.15, 0.2) is 0 Å². The number of unbranched alkanes of at least 4 members (excludes halogenated alkanes) is 1. The van der Waals surface area contributed by atoms with Crippen LogP contribution in [-0.2, 0) is 4.79 Å². The van der Waals surface area contributed by atoms with E-state index in [1.807, 2.05) is 0 Å². The second-order valence-electron chi connectivity index (χ2n) is 6.36. The van der Waals surface area contributed by atoms with Gasteiger partial charge in [0.25, 0.3) is 0 Å². The third-order valence-electron chi connectivity index (χ3n) is 4.86. The van der Waals surface area contributed by atoms with E-state index in [2.05, 4.69) is 34.0 Å². The van der Waals surface area contributed by atoms with Crippen LogP contribution in [0, 0.1) is 0 Å². The minimum atomic E-state index is 0.0248. The van der Waals surface area contributed by atoms with Crippen LogP contribution in [0.1, 0.15) is 70.0 Å². The van der Waals surface area contributed by atoms with E-state index in [-0.39, 0.29) is 12.2 Å². The number of nitrogens with one attached hydrogen (secondary N) is 1. The molecule has 0 aromatic carbocycles. The number of rotatable bonds is 5. The molecule has 1 aromatic rings. The van der Waals surface area contributed by atoms with E-state index in [0.717, 1.165) is 19.3 Å². The van der Waals surface area contributed by atoms with Crippen molar-refractivity contribution in [1.29, 1.82) is 0 Å². The number of carbonyl (C=O) groups excluding carboxylic acids is 1. The fourth-order valence-corrected chi connectivity index (χ4v) is 4.38. The SMILES string of the molecule is CCCCC1NC(c2ccsc2)N(C2CCCCC2)C1=O. The summed E-state index contributed by atoms with van der Waals surface area (Å²) in [7, 11) is 0. The lowest BCUT2D eigenvalue weighted by atomic mass is 9.93. The molecule has 1 aliphatic heterocycles. The highest BCUT2D eigenvalue weighted by atomic mass is 32.1. The first-order valence-electron chi connectivity index (χ1n) is 8.41. The Labute approximate surface area is 131 Å². The Morgan fingerprint density at radius 1 is 1.33 bits per heavy atom. The highest BCUT2D eigenvalue weighted by Crippen LogP contribution is 2.35. The fraction of sp³-hybridized carbons (Fsp3) is 0.706. The third kappa shape index (κ3) is 3.16. The number of carbonyl (C=O) groups is 1. The molecule has 2 unspecified atom stereocenters. The summed E-state index contributed by atoms with van der Waals surface area (Å²) in [6.07, 6.45) is 9.57. The molecule has 1 aromatic heterocycles. The maximum absolute atomic E-state index is 12.9. The predicted molar refractivity (Wildman–Crippen MR) is 87.2 cm³/mol. The molecule has 3 nitrogen and oxygen atoms in total. The molecule has 116 valence electrons. The van der Waals surface area contributed by atoms with Gasteiger partial charge < -0.3 is 4.90 Å². The summed E-state index contributed by atoms with van der Waals surface area (Å²) in [4.78, 5) is 15.1. The number of nitrogens with zero attached hydrogens (tertiary/aromatic N) is 1. The van der Waals surface area contributed by atoms with Crippen molar-refractivity contribution in [2.45, 2.75) is 76.5 Å². The summed E-state index contributed by atoms with van der Waals surface area (Å²) >= 11 is 1.72. The Kier molecular flexibility index (Phi) is 4.96. The molecule has 2 fully saturated rings. The van der Waals surface area contributed by atoms with Gasteiger partial charge in [0, 0.05) is 6.04 Å². The maximum Gasteiger partial charge on any atom is 0.241 e. The molecule has 2 heterocycles. The van der Waals surface area contributed by atoms with Crippen molar-refractivity contribution in [3.8, 4) is 0 Å². The lowest BCUT2D eigenvalue weighted by molar-refractivity contribution is -0.133. The number of hydrogen-bond donors (Lipinski definition) is 1. The summed E-state index contributed by atoms with van der Waals surface area (Å²) in [6, 6.07) is 2.63.